The fraction of sp³-hybridized carbons (Fsp3) is 0.444. The molecule has 76 valence electrons. The minimum absolute atomic E-state index is 0.448. The van der Waals surface area contributed by atoms with Gasteiger partial charge in [0, 0.05) is 32.4 Å². The Morgan fingerprint density at radius 1 is 1.43 bits per heavy atom. The van der Waals surface area contributed by atoms with Crippen molar-refractivity contribution in [3.63, 3.8) is 0 Å². The molecule has 14 heavy (non-hydrogen) atoms. The second-order valence-corrected chi connectivity index (χ2v) is 3.64. The van der Waals surface area contributed by atoms with E-state index in [-0.39, 0.29) is 0 Å². The lowest BCUT2D eigenvalue weighted by atomic mass is 10.3. The summed E-state index contributed by atoms with van der Waals surface area (Å²) in [5, 5.41) is 3.67. The van der Waals surface area contributed by atoms with E-state index in [1.165, 1.54) is 6.20 Å². The number of aromatic nitrogens is 1. The predicted octanol–water partition coefficient (Wildman–Crippen LogP) is 1.28. The van der Waals surface area contributed by atoms with Gasteiger partial charge in [-0.1, -0.05) is 11.6 Å². The highest BCUT2D eigenvalue weighted by atomic mass is 35.5. The third-order valence-electron chi connectivity index (χ3n) is 2.24. The van der Waals surface area contributed by atoms with Gasteiger partial charge in [-0.25, -0.2) is 4.98 Å². The van der Waals surface area contributed by atoms with Crippen LogP contribution in [0.4, 0.5) is 10.1 Å². The minimum atomic E-state index is -0.448. The van der Waals surface area contributed by atoms with Crippen molar-refractivity contribution in [2.75, 3.05) is 31.1 Å². The maximum Gasteiger partial charge on any atom is 0.236 e. The zero-order valence-electron chi connectivity index (χ0n) is 7.63. The van der Waals surface area contributed by atoms with Crippen molar-refractivity contribution in [3.8, 4) is 0 Å². The highest BCUT2D eigenvalue weighted by molar-refractivity contribution is 6.30. The van der Waals surface area contributed by atoms with E-state index >= 15 is 0 Å². The summed E-state index contributed by atoms with van der Waals surface area (Å²) in [6.45, 7) is 3.32. The number of anilines is 1. The van der Waals surface area contributed by atoms with E-state index in [2.05, 4.69) is 10.3 Å². The standard InChI is InChI=1S/C9H11ClFN3/c10-7-5-8(9(11)13-6-7)14-3-1-12-2-4-14/h5-6,12H,1-4H2. The van der Waals surface area contributed by atoms with E-state index in [0.29, 0.717) is 10.7 Å². The second kappa shape index (κ2) is 4.11. The minimum Gasteiger partial charge on any atom is -0.365 e. The van der Waals surface area contributed by atoms with Gasteiger partial charge < -0.3 is 10.2 Å². The van der Waals surface area contributed by atoms with Crippen LogP contribution in [-0.4, -0.2) is 31.2 Å². The Hall–Kier alpha value is -0.870. The van der Waals surface area contributed by atoms with Crippen LogP contribution in [0, 0.1) is 5.95 Å². The van der Waals surface area contributed by atoms with Crippen LogP contribution in [0.3, 0.4) is 0 Å². The van der Waals surface area contributed by atoms with Crippen molar-refractivity contribution in [3.05, 3.63) is 23.2 Å². The third kappa shape index (κ3) is 1.96. The van der Waals surface area contributed by atoms with Gasteiger partial charge in [0.05, 0.1) is 10.7 Å². The van der Waals surface area contributed by atoms with Crippen molar-refractivity contribution in [2.45, 2.75) is 0 Å². The first-order valence-corrected chi connectivity index (χ1v) is 4.92. The van der Waals surface area contributed by atoms with Crippen LogP contribution in [0.25, 0.3) is 0 Å². The summed E-state index contributed by atoms with van der Waals surface area (Å²) >= 11 is 5.76. The molecule has 1 aliphatic rings. The summed E-state index contributed by atoms with van der Waals surface area (Å²) in [5.41, 5.74) is 0.499. The maximum absolute atomic E-state index is 13.3. The Kier molecular flexibility index (Phi) is 2.84. The number of nitrogens with one attached hydrogen (secondary N) is 1. The van der Waals surface area contributed by atoms with Gasteiger partial charge in [0.25, 0.3) is 0 Å². The molecule has 1 aromatic rings. The molecule has 0 aromatic carbocycles. The molecule has 1 aliphatic heterocycles. The fourth-order valence-electron chi connectivity index (χ4n) is 1.54. The molecule has 0 bridgehead atoms. The molecule has 1 saturated heterocycles. The fourth-order valence-corrected chi connectivity index (χ4v) is 1.69. The average molecular weight is 216 g/mol. The van der Waals surface area contributed by atoms with Gasteiger partial charge in [-0.3, -0.25) is 0 Å². The molecule has 1 aromatic heterocycles. The quantitative estimate of drug-likeness (QED) is 0.716. The van der Waals surface area contributed by atoms with Gasteiger partial charge in [0.15, 0.2) is 0 Å². The third-order valence-corrected chi connectivity index (χ3v) is 2.45. The van der Waals surface area contributed by atoms with Crippen LogP contribution in [0.5, 0.6) is 0 Å². The Balaban J connectivity index is 2.24. The van der Waals surface area contributed by atoms with Crippen LogP contribution in [-0.2, 0) is 0 Å². The van der Waals surface area contributed by atoms with Crippen LogP contribution in [0.15, 0.2) is 12.3 Å². The zero-order chi connectivity index (χ0) is 9.97. The number of rotatable bonds is 1. The van der Waals surface area contributed by atoms with E-state index in [1.807, 2.05) is 4.90 Å². The molecule has 2 rings (SSSR count). The first-order valence-electron chi connectivity index (χ1n) is 4.54. The van der Waals surface area contributed by atoms with Gasteiger partial charge in [0.2, 0.25) is 5.95 Å². The molecule has 0 saturated carbocycles. The number of hydrogen-bond acceptors (Lipinski definition) is 3. The molecular weight excluding hydrogens is 205 g/mol. The van der Waals surface area contributed by atoms with E-state index < -0.39 is 5.95 Å². The lowest BCUT2D eigenvalue weighted by molar-refractivity contribution is 0.548. The van der Waals surface area contributed by atoms with Gasteiger partial charge in [-0.2, -0.15) is 4.39 Å². The molecule has 3 nitrogen and oxygen atoms in total. The monoisotopic (exact) mass is 215 g/mol. The van der Waals surface area contributed by atoms with Crippen LogP contribution < -0.4 is 10.2 Å². The largest absolute Gasteiger partial charge is 0.365 e. The Labute approximate surface area is 86.9 Å². The number of pyridine rings is 1. The second-order valence-electron chi connectivity index (χ2n) is 3.20. The topological polar surface area (TPSA) is 28.2 Å². The van der Waals surface area contributed by atoms with E-state index in [1.54, 1.807) is 6.07 Å². The van der Waals surface area contributed by atoms with Gasteiger partial charge in [-0.15, -0.1) is 0 Å². The molecule has 1 fully saturated rings. The molecule has 2 heterocycles. The summed E-state index contributed by atoms with van der Waals surface area (Å²) < 4.78 is 13.3. The number of nitrogens with zero attached hydrogens (tertiary/aromatic N) is 2. The molecule has 0 atom stereocenters. The Bertz CT molecular complexity index is 326. The lowest BCUT2D eigenvalue weighted by Gasteiger charge is -2.29. The molecule has 0 aliphatic carbocycles. The van der Waals surface area contributed by atoms with Crippen LogP contribution >= 0.6 is 11.6 Å². The molecular formula is C9H11ClFN3. The number of piperazine rings is 1. The molecule has 0 spiro atoms. The SMILES string of the molecule is Fc1ncc(Cl)cc1N1CCNCC1. The lowest BCUT2D eigenvalue weighted by Crippen LogP contribution is -2.44. The van der Waals surface area contributed by atoms with Crippen molar-refractivity contribution < 1.29 is 4.39 Å². The molecule has 0 radical (unpaired) electrons. The van der Waals surface area contributed by atoms with Crippen molar-refractivity contribution in [1.82, 2.24) is 10.3 Å². The van der Waals surface area contributed by atoms with Crippen LogP contribution in [0.1, 0.15) is 0 Å². The van der Waals surface area contributed by atoms with E-state index in [9.17, 15) is 4.39 Å². The molecule has 0 amide bonds. The van der Waals surface area contributed by atoms with Gasteiger partial charge >= 0.3 is 0 Å². The first kappa shape index (κ1) is 9.68. The smallest absolute Gasteiger partial charge is 0.236 e. The number of halogens is 2. The summed E-state index contributed by atoms with van der Waals surface area (Å²) in [6, 6.07) is 1.62. The first-order chi connectivity index (χ1) is 6.77. The van der Waals surface area contributed by atoms with Gasteiger partial charge in [0.1, 0.15) is 0 Å². The Morgan fingerprint density at radius 3 is 2.86 bits per heavy atom. The zero-order valence-corrected chi connectivity index (χ0v) is 8.39. The van der Waals surface area contributed by atoms with Crippen molar-refractivity contribution in [1.29, 1.82) is 0 Å². The summed E-state index contributed by atoms with van der Waals surface area (Å²) in [5.74, 6) is -0.448. The summed E-state index contributed by atoms with van der Waals surface area (Å²) in [6.07, 6.45) is 1.32. The van der Waals surface area contributed by atoms with Crippen molar-refractivity contribution >= 4 is 17.3 Å². The Morgan fingerprint density at radius 2 is 2.14 bits per heavy atom. The average Bonchev–Trinajstić information content (AvgIpc) is 2.23. The molecule has 5 heteroatoms. The maximum atomic E-state index is 13.3. The van der Waals surface area contributed by atoms with E-state index in [4.69, 9.17) is 11.6 Å². The van der Waals surface area contributed by atoms with Crippen molar-refractivity contribution in [2.24, 2.45) is 0 Å². The summed E-state index contributed by atoms with van der Waals surface area (Å²) in [7, 11) is 0. The number of hydrogen-bond donors (Lipinski definition) is 1. The molecule has 1 N–H and O–H groups in total. The van der Waals surface area contributed by atoms with E-state index in [0.717, 1.165) is 26.2 Å². The highest BCUT2D eigenvalue weighted by Gasteiger charge is 2.15. The van der Waals surface area contributed by atoms with Gasteiger partial charge in [-0.05, 0) is 6.07 Å². The normalized spacial score (nSPS) is 17.1. The predicted molar refractivity (Wildman–Crippen MR) is 54.3 cm³/mol. The highest BCUT2D eigenvalue weighted by Crippen LogP contribution is 2.21. The van der Waals surface area contributed by atoms with Crippen LogP contribution in [0.2, 0.25) is 5.02 Å². The summed E-state index contributed by atoms with van der Waals surface area (Å²) in [4.78, 5) is 5.54. The molecule has 0 unspecified atom stereocenters.